The van der Waals surface area contributed by atoms with E-state index < -0.39 is 0 Å². The number of anilines is 1. The minimum atomic E-state index is 0.101. The molecule has 0 spiro atoms. The number of carbonyl (C=O) groups excluding carboxylic acids is 1. The van der Waals surface area contributed by atoms with Crippen LogP contribution in [0, 0.1) is 11.8 Å². The number of hydrogen-bond acceptors (Lipinski definition) is 4. The SMILES string of the molecule is O=C(COCc1ccccc1)N1CC2CN(c3ccc(Br)cn3)CC2C1. The molecule has 1 aromatic carbocycles. The van der Waals surface area contributed by atoms with E-state index in [2.05, 4.69) is 25.8 Å². The third-order valence-corrected chi connectivity index (χ3v) is 5.68. The minimum absolute atomic E-state index is 0.101. The van der Waals surface area contributed by atoms with Gasteiger partial charge in [-0.25, -0.2) is 4.98 Å². The van der Waals surface area contributed by atoms with Crippen LogP contribution < -0.4 is 4.90 Å². The summed E-state index contributed by atoms with van der Waals surface area (Å²) in [6.45, 7) is 4.22. The van der Waals surface area contributed by atoms with Crippen LogP contribution in [0.3, 0.4) is 0 Å². The van der Waals surface area contributed by atoms with Gasteiger partial charge in [0, 0.05) is 48.7 Å². The van der Waals surface area contributed by atoms with Gasteiger partial charge in [-0.3, -0.25) is 4.79 Å². The molecule has 1 amide bonds. The number of pyridine rings is 1. The number of halogens is 1. The molecule has 2 aliphatic heterocycles. The fraction of sp³-hybridized carbons (Fsp3) is 0.400. The van der Waals surface area contributed by atoms with Gasteiger partial charge in [0.05, 0.1) is 6.61 Å². The van der Waals surface area contributed by atoms with Crippen LogP contribution in [-0.2, 0) is 16.1 Å². The van der Waals surface area contributed by atoms with Gasteiger partial charge in [-0.1, -0.05) is 30.3 Å². The van der Waals surface area contributed by atoms with E-state index in [1.54, 1.807) is 0 Å². The second-order valence-corrected chi connectivity index (χ2v) is 7.95. The van der Waals surface area contributed by atoms with Gasteiger partial charge < -0.3 is 14.5 Å². The zero-order chi connectivity index (χ0) is 17.9. The number of likely N-dealkylation sites (tertiary alicyclic amines) is 1. The lowest BCUT2D eigenvalue weighted by molar-refractivity contribution is -0.135. The predicted octanol–water partition coefficient (Wildman–Crippen LogP) is 2.96. The summed E-state index contributed by atoms with van der Waals surface area (Å²) in [5.74, 6) is 2.17. The van der Waals surface area contributed by atoms with Gasteiger partial charge in [0.2, 0.25) is 5.91 Å². The fourth-order valence-electron chi connectivity index (χ4n) is 3.86. The predicted molar refractivity (Wildman–Crippen MR) is 104 cm³/mol. The molecule has 4 rings (SSSR count). The van der Waals surface area contributed by atoms with Crippen LogP contribution >= 0.6 is 15.9 Å². The Morgan fingerprint density at radius 1 is 1.08 bits per heavy atom. The van der Waals surface area contributed by atoms with Crippen molar-refractivity contribution in [3.63, 3.8) is 0 Å². The van der Waals surface area contributed by atoms with E-state index in [1.165, 1.54) is 0 Å². The number of benzene rings is 1. The maximum atomic E-state index is 12.4. The Balaban J connectivity index is 1.25. The first kappa shape index (κ1) is 17.5. The average Bonchev–Trinajstić information content (AvgIpc) is 3.22. The highest BCUT2D eigenvalue weighted by molar-refractivity contribution is 9.10. The number of aromatic nitrogens is 1. The average molecular weight is 416 g/mol. The van der Waals surface area contributed by atoms with Crippen LogP contribution in [-0.4, -0.2) is 48.6 Å². The van der Waals surface area contributed by atoms with Crippen LogP contribution in [0.1, 0.15) is 5.56 Å². The second-order valence-electron chi connectivity index (χ2n) is 7.04. The molecule has 1 aromatic heterocycles. The van der Waals surface area contributed by atoms with Crippen molar-refractivity contribution in [2.75, 3.05) is 37.7 Å². The molecule has 26 heavy (non-hydrogen) atoms. The van der Waals surface area contributed by atoms with Gasteiger partial charge in [-0.15, -0.1) is 0 Å². The molecular formula is C20H22BrN3O2. The number of nitrogens with zero attached hydrogens (tertiary/aromatic N) is 3. The molecule has 136 valence electrons. The highest BCUT2D eigenvalue weighted by Crippen LogP contribution is 2.33. The van der Waals surface area contributed by atoms with Crippen molar-refractivity contribution in [3.8, 4) is 0 Å². The molecule has 0 aliphatic carbocycles. The Morgan fingerprint density at radius 2 is 1.81 bits per heavy atom. The normalized spacial score (nSPS) is 21.9. The van der Waals surface area contributed by atoms with Gasteiger partial charge in [0.25, 0.3) is 0 Å². The quantitative estimate of drug-likeness (QED) is 0.752. The molecule has 3 heterocycles. The molecule has 0 saturated carbocycles. The third-order valence-electron chi connectivity index (χ3n) is 5.21. The summed E-state index contributed by atoms with van der Waals surface area (Å²) in [6.07, 6.45) is 1.84. The van der Waals surface area contributed by atoms with Gasteiger partial charge in [-0.2, -0.15) is 0 Å². The molecule has 2 saturated heterocycles. The molecule has 5 nitrogen and oxygen atoms in total. The molecule has 6 heteroatoms. The summed E-state index contributed by atoms with van der Waals surface area (Å²) < 4.78 is 6.60. The summed E-state index contributed by atoms with van der Waals surface area (Å²) in [4.78, 5) is 21.2. The molecule has 2 aromatic rings. The molecular weight excluding hydrogens is 394 g/mol. The first-order chi connectivity index (χ1) is 12.7. The van der Waals surface area contributed by atoms with E-state index in [0.29, 0.717) is 18.4 Å². The van der Waals surface area contributed by atoms with Crippen molar-refractivity contribution in [2.45, 2.75) is 6.61 Å². The van der Waals surface area contributed by atoms with Crippen molar-refractivity contribution < 1.29 is 9.53 Å². The second kappa shape index (κ2) is 7.76. The van der Waals surface area contributed by atoms with E-state index in [4.69, 9.17) is 4.74 Å². The maximum absolute atomic E-state index is 12.4. The fourth-order valence-corrected chi connectivity index (χ4v) is 4.10. The topological polar surface area (TPSA) is 45.7 Å². The van der Waals surface area contributed by atoms with Crippen molar-refractivity contribution in [3.05, 3.63) is 58.7 Å². The first-order valence-electron chi connectivity index (χ1n) is 8.95. The molecule has 2 unspecified atom stereocenters. The first-order valence-corrected chi connectivity index (χ1v) is 9.74. The van der Waals surface area contributed by atoms with Crippen LogP contribution in [0.25, 0.3) is 0 Å². The van der Waals surface area contributed by atoms with Crippen LogP contribution in [0.2, 0.25) is 0 Å². The Kier molecular flexibility index (Phi) is 5.22. The number of carbonyl (C=O) groups is 1. The van der Waals surface area contributed by atoms with E-state index in [9.17, 15) is 4.79 Å². The minimum Gasteiger partial charge on any atom is -0.367 e. The molecule has 2 aliphatic rings. The number of ether oxygens (including phenoxy) is 1. The molecule has 0 bridgehead atoms. The highest BCUT2D eigenvalue weighted by atomic mass is 79.9. The highest BCUT2D eigenvalue weighted by Gasteiger charge is 2.41. The van der Waals surface area contributed by atoms with Crippen molar-refractivity contribution in [2.24, 2.45) is 11.8 Å². The maximum Gasteiger partial charge on any atom is 0.248 e. The number of amides is 1. The Bertz CT molecular complexity index is 739. The summed E-state index contributed by atoms with van der Waals surface area (Å²) in [5, 5.41) is 0. The van der Waals surface area contributed by atoms with Crippen LogP contribution in [0.15, 0.2) is 53.1 Å². The smallest absolute Gasteiger partial charge is 0.248 e. The van der Waals surface area contributed by atoms with Crippen LogP contribution in [0.5, 0.6) is 0 Å². The molecule has 0 N–H and O–H groups in total. The van der Waals surface area contributed by atoms with Crippen LogP contribution in [0.4, 0.5) is 5.82 Å². The number of hydrogen-bond donors (Lipinski definition) is 0. The lowest BCUT2D eigenvalue weighted by Gasteiger charge is -2.22. The Labute approximate surface area is 162 Å². The van der Waals surface area contributed by atoms with E-state index in [-0.39, 0.29) is 12.5 Å². The summed E-state index contributed by atoms with van der Waals surface area (Å²) >= 11 is 3.42. The monoisotopic (exact) mass is 415 g/mol. The zero-order valence-electron chi connectivity index (χ0n) is 14.6. The van der Waals surface area contributed by atoms with E-state index in [0.717, 1.165) is 42.0 Å². The Morgan fingerprint density at radius 3 is 2.46 bits per heavy atom. The van der Waals surface area contributed by atoms with Gasteiger partial charge in [-0.05, 0) is 33.6 Å². The lowest BCUT2D eigenvalue weighted by atomic mass is 10.0. The van der Waals surface area contributed by atoms with Crippen molar-refractivity contribution >= 4 is 27.7 Å². The van der Waals surface area contributed by atoms with Crippen molar-refractivity contribution in [1.29, 1.82) is 0 Å². The zero-order valence-corrected chi connectivity index (χ0v) is 16.1. The third kappa shape index (κ3) is 3.91. The molecule has 2 atom stereocenters. The number of rotatable bonds is 5. The van der Waals surface area contributed by atoms with Gasteiger partial charge in [0.1, 0.15) is 12.4 Å². The molecule has 2 fully saturated rings. The summed E-state index contributed by atoms with van der Waals surface area (Å²) in [7, 11) is 0. The van der Waals surface area contributed by atoms with Crippen molar-refractivity contribution in [1.82, 2.24) is 9.88 Å². The standard InChI is InChI=1S/C20H22BrN3O2/c21-18-6-7-19(22-8-18)23-9-16-11-24(12-17(16)10-23)20(25)14-26-13-15-4-2-1-3-5-15/h1-8,16-17H,9-14H2. The molecule has 0 radical (unpaired) electrons. The lowest BCUT2D eigenvalue weighted by Crippen LogP contribution is -2.35. The van der Waals surface area contributed by atoms with E-state index >= 15 is 0 Å². The summed E-state index contributed by atoms with van der Waals surface area (Å²) in [5.41, 5.74) is 1.09. The Hall–Kier alpha value is -1.92. The van der Waals surface area contributed by atoms with Gasteiger partial charge in [0.15, 0.2) is 0 Å². The largest absolute Gasteiger partial charge is 0.367 e. The summed E-state index contributed by atoms with van der Waals surface area (Å²) in [6, 6.07) is 14.0. The van der Waals surface area contributed by atoms with Gasteiger partial charge >= 0.3 is 0 Å². The van der Waals surface area contributed by atoms with E-state index in [1.807, 2.05) is 53.6 Å². The number of fused-ring (bicyclic) bond motifs is 1.